The van der Waals surface area contributed by atoms with Crippen molar-refractivity contribution in [1.82, 2.24) is 0 Å². The van der Waals surface area contributed by atoms with Gasteiger partial charge in [-0.05, 0) is 79.1 Å². The van der Waals surface area contributed by atoms with Crippen molar-refractivity contribution in [3.05, 3.63) is 90.0 Å². The fourth-order valence-corrected chi connectivity index (χ4v) is 3.44. The van der Waals surface area contributed by atoms with E-state index in [4.69, 9.17) is 9.47 Å². The molecule has 3 aromatic rings. The number of benzene rings is 3. The number of aryl methyl sites for hydroxylation is 1. The molecule has 0 heterocycles. The lowest BCUT2D eigenvalue weighted by Gasteiger charge is -2.26. The van der Waals surface area contributed by atoms with Crippen molar-refractivity contribution in [2.45, 2.75) is 45.4 Å². The molecule has 2 nitrogen and oxygen atoms in total. The molecule has 2 heteroatoms. The summed E-state index contributed by atoms with van der Waals surface area (Å²) in [5, 5.41) is 0. The molecular weight excluding hydrogens is 344 g/mol. The van der Waals surface area contributed by atoms with E-state index in [2.05, 4.69) is 50.2 Å². The summed E-state index contributed by atoms with van der Waals surface area (Å²) >= 11 is 0. The van der Waals surface area contributed by atoms with Crippen LogP contribution >= 0.6 is 0 Å². The average molecular weight is 375 g/mol. The number of ether oxygens (including phenoxy) is 2. The van der Waals surface area contributed by atoms with Crippen LogP contribution < -0.4 is 9.47 Å². The predicted molar refractivity (Wildman–Crippen MR) is 117 cm³/mol. The third-order valence-electron chi connectivity index (χ3n) is 5.07. The van der Waals surface area contributed by atoms with Crippen LogP contribution in [-0.4, -0.2) is 6.61 Å². The quantitative estimate of drug-likeness (QED) is 0.395. The molecule has 0 spiro atoms. The van der Waals surface area contributed by atoms with E-state index in [1.54, 1.807) is 0 Å². The monoisotopic (exact) mass is 374 g/mol. The van der Waals surface area contributed by atoms with E-state index in [0.29, 0.717) is 6.61 Å². The van der Waals surface area contributed by atoms with Gasteiger partial charge in [0.2, 0.25) is 0 Å². The van der Waals surface area contributed by atoms with E-state index in [1.807, 2.05) is 49.4 Å². The molecule has 0 saturated heterocycles. The van der Waals surface area contributed by atoms with E-state index < -0.39 is 0 Å². The topological polar surface area (TPSA) is 18.5 Å². The van der Waals surface area contributed by atoms with E-state index >= 15 is 0 Å². The lowest BCUT2D eigenvalue weighted by atomic mass is 9.80. The Kier molecular flexibility index (Phi) is 6.76. The van der Waals surface area contributed by atoms with Gasteiger partial charge >= 0.3 is 0 Å². The van der Waals surface area contributed by atoms with Crippen LogP contribution in [0.5, 0.6) is 17.2 Å². The Morgan fingerprint density at radius 1 is 0.750 bits per heavy atom. The Labute approximate surface area is 169 Å². The highest BCUT2D eigenvalue weighted by Crippen LogP contribution is 2.31. The molecule has 0 fully saturated rings. The summed E-state index contributed by atoms with van der Waals surface area (Å²) in [6.45, 7) is 7.35. The Bertz CT molecular complexity index is 868. The fraction of sp³-hybridized carbons (Fsp3) is 0.308. The first kappa shape index (κ1) is 20.0. The smallest absolute Gasteiger partial charge is 0.127 e. The molecule has 0 aliphatic rings. The van der Waals surface area contributed by atoms with Crippen LogP contribution in [0, 0.1) is 0 Å². The molecule has 0 bridgehead atoms. The number of hydrogen-bond donors (Lipinski definition) is 0. The summed E-state index contributed by atoms with van der Waals surface area (Å²) in [6, 6.07) is 26.8. The van der Waals surface area contributed by atoms with Crippen LogP contribution in [0.15, 0.2) is 78.9 Å². The molecule has 28 heavy (non-hydrogen) atoms. The molecule has 0 unspecified atom stereocenters. The SMILES string of the molecule is CCOc1cccc(C(C)(C)CCCc2cccc(Oc3ccccc3)c2)c1. The zero-order chi connectivity index (χ0) is 19.8. The maximum atomic E-state index is 5.96. The largest absolute Gasteiger partial charge is 0.494 e. The van der Waals surface area contributed by atoms with E-state index in [-0.39, 0.29) is 5.41 Å². The Hall–Kier alpha value is -2.74. The minimum absolute atomic E-state index is 0.116. The van der Waals surface area contributed by atoms with Crippen LogP contribution in [-0.2, 0) is 11.8 Å². The summed E-state index contributed by atoms with van der Waals surface area (Å²) in [7, 11) is 0. The first-order valence-corrected chi connectivity index (χ1v) is 10.1. The van der Waals surface area contributed by atoms with Crippen LogP contribution in [0.4, 0.5) is 0 Å². The molecule has 3 aromatic carbocycles. The lowest BCUT2D eigenvalue weighted by molar-refractivity contribution is 0.338. The molecule has 0 N–H and O–H groups in total. The molecule has 0 aromatic heterocycles. The minimum Gasteiger partial charge on any atom is -0.494 e. The van der Waals surface area contributed by atoms with E-state index in [0.717, 1.165) is 36.5 Å². The first-order chi connectivity index (χ1) is 13.6. The van der Waals surface area contributed by atoms with Gasteiger partial charge in [0.05, 0.1) is 6.61 Å². The first-order valence-electron chi connectivity index (χ1n) is 10.1. The van der Waals surface area contributed by atoms with Gasteiger partial charge in [0.25, 0.3) is 0 Å². The molecular formula is C26H30O2. The summed E-state index contributed by atoms with van der Waals surface area (Å²) in [5.41, 5.74) is 2.76. The number of rotatable bonds is 9. The second-order valence-corrected chi connectivity index (χ2v) is 7.76. The van der Waals surface area contributed by atoms with Crippen molar-refractivity contribution in [2.24, 2.45) is 0 Å². The molecule has 0 saturated carbocycles. The van der Waals surface area contributed by atoms with Crippen LogP contribution in [0.25, 0.3) is 0 Å². The summed E-state index contributed by atoms with van der Waals surface area (Å²) in [5.74, 6) is 2.72. The normalized spacial score (nSPS) is 11.2. The van der Waals surface area contributed by atoms with E-state index in [1.165, 1.54) is 11.1 Å². The van der Waals surface area contributed by atoms with Gasteiger partial charge in [-0.1, -0.05) is 56.3 Å². The average Bonchev–Trinajstić information content (AvgIpc) is 2.69. The third kappa shape index (κ3) is 5.63. The van der Waals surface area contributed by atoms with Crippen molar-refractivity contribution in [1.29, 1.82) is 0 Å². The number of hydrogen-bond acceptors (Lipinski definition) is 2. The number of para-hydroxylation sites is 1. The summed E-state index contributed by atoms with van der Waals surface area (Å²) in [4.78, 5) is 0. The van der Waals surface area contributed by atoms with Gasteiger partial charge in [-0.3, -0.25) is 0 Å². The molecule has 0 atom stereocenters. The second-order valence-electron chi connectivity index (χ2n) is 7.76. The fourth-order valence-electron chi connectivity index (χ4n) is 3.44. The zero-order valence-corrected chi connectivity index (χ0v) is 17.2. The maximum absolute atomic E-state index is 5.96. The third-order valence-corrected chi connectivity index (χ3v) is 5.07. The van der Waals surface area contributed by atoms with Crippen molar-refractivity contribution in [3.8, 4) is 17.2 Å². The highest BCUT2D eigenvalue weighted by molar-refractivity contribution is 5.35. The maximum Gasteiger partial charge on any atom is 0.127 e. The summed E-state index contributed by atoms with van der Waals surface area (Å²) in [6.07, 6.45) is 3.29. The van der Waals surface area contributed by atoms with Crippen LogP contribution in [0.3, 0.4) is 0 Å². The molecule has 146 valence electrons. The Morgan fingerprint density at radius 3 is 2.25 bits per heavy atom. The molecule has 0 aliphatic carbocycles. The van der Waals surface area contributed by atoms with E-state index in [9.17, 15) is 0 Å². The van der Waals surface area contributed by atoms with Gasteiger partial charge in [0, 0.05) is 0 Å². The van der Waals surface area contributed by atoms with Crippen molar-refractivity contribution < 1.29 is 9.47 Å². The molecule has 0 radical (unpaired) electrons. The predicted octanol–water partition coefficient (Wildman–Crippen LogP) is 7.18. The molecule has 3 rings (SSSR count). The van der Waals surface area contributed by atoms with Crippen LogP contribution in [0.2, 0.25) is 0 Å². The standard InChI is InChI=1S/C26H30O2/c1-4-27-24-16-9-13-22(20-24)26(2,3)18-10-12-21-11-8-17-25(19-21)28-23-14-6-5-7-15-23/h5-9,11,13-17,19-20H,4,10,12,18H2,1-3H3. The Balaban J connectivity index is 1.58. The Morgan fingerprint density at radius 2 is 1.46 bits per heavy atom. The van der Waals surface area contributed by atoms with Crippen LogP contribution in [0.1, 0.15) is 44.7 Å². The van der Waals surface area contributed by atoms with Gasteiger partial charge in [-0.2, -0.15) is 0 Å². The lowest BCUT2D eigenvalue weighted by Crippen LogP contribution is -2.17. The second kappa shape index (κ2) is 9.45. The molecule has 0 aliphatic heterocycles. The minimum atomic E-state index is 0.116. The van der Waals surface area contributed by atoms with Gasteiger partial charge in [-0.15, -0.1) is 0 Å². The summed E-state index contributed by atoms with van der Waals surface area (Å²) < 4.78 is 11.6. The van der Waals surface area contributed by atoms with Gasteiger partial charge < -0.3 is 9.47 Å². The van der Waals surface area contributed by atoms with Crippen molar-refractivity contribution in [3.63, 3.8) is 0 Å². The highest BCUT2D eigenvalue weighted by Gasteiger charge is 2.20. The van der Waals surface area contributed by atoms with Crippen molar-refractivity contribution in [2.75, 3.05) is 6.61 Å². The molecule has 0 amide bonds. The highest BCUT2D eigenvalue weighted by atomic mass is 16.5. The van der Waals surface area contributed by atoms with Gasteiger partial charge in [-0.25, -0.2) is 0 Å². The van der Waals surface area contributed by atoms with Gasteiger partial charge in [0.15, 0.2) is 0 Å². The zero-order valence-electron chi connectivity index (χ0n) is 17.2. The van der Waals surface area contributed by atoms with Gasteiger partial charge in [0.1, 0.15) is 17.2 Å². The van der Waals surface area contributed by atoms with Crippen molar-refractivity contribution >= 4 is 0 Å².